The molecule has 1 aliphatic carbocycles. The maximum Gasteiger partial charge on any atom is 0.251 e. The van der Waals surface area contributed by atoms with Crippen molar-refractivity contribution >= 4 is 27.7 Å². The minimum atomic E-state index is -3.55. The number of hydrogen-bond donors (Lipinski definition) is 2. The number of amides is 1. The summed E-state index contributed by atoms with van der Waals surface area (Å²) in [6, 6.07) is 6.78. The number of thioether (sulfide) groups is 1. The second-order valence-corrected chi connectivity index (χ2v) is 8.64. The van der Waals surface area contributed by atoms with Gasteiger partial charge < -0.3 is 5.32 Å². The van der Waals surface area contributed by atoms with Gasteiger partial charge >= 0.3 is 0 Å². The van der Waals surface area contributed by atoms with E-state index in [0.717, 1.165) is 25.0 Å². The van der Waals surface area contributed by atoms with Crippen molar-refractivity contribution in [2.75, 3.05) is 5.75 Å². The minimum Gasteiger partial charge on any atom is -0.348 e. The number of carbonyl (C=O) groups excluding carboxylic acids is 1. The van der Waals surface area contributed by atoms with Crippen molar-refractivity contribution in [1.29, 1.82) is 0 Å². The third-order valence-electron chi connectivity index (χ3n) is 3.73. The molecule has 5 nitrogen and oxygen atoms in total. The molecule has 1 aromatic rings. The number of nitrogens with one attached hydrogen (secondary N) is 1. The molecule has 1 aromatic carbocycles. The van der Waals surface area contributed by atoms with Crippen LogP contribution < -0.4 is 10.5 Å². The molecule has 0 bridgehead atoms. The fourth-order valence-corrected chi connectivity index (χ4v) is 4.60. The van der Waals surface area contributed by atoms with Gasteiger partial charge in [0.05, 0.1) is 5.75 Å². The minimum absolute atomic E-state index is 0.101. The van der Waals surface area contributed by atoms with Gasteiger partial charge in [-0.1, -0.05) is 25.5 Å². The third-order valence-corrected chi connectivity index (χ3v) is 5.80. The van der Waals surface area contributed by atoms with E-state index in [1.807, 2.05) is 11.8 Å². The van der Waals surface area contributed by atoms with E-state index in [1.54, 1.807) is 24.3 Å². The predicted octanol–water partition coefficient (Wildman–Crippen LogP) is 1.88. The second kappa shape index (κ2) is 7.48. The highest BCUT2D eigenvalue weighted by atomic mass is 32.2. The van der Waals surface area contributed by atoms with Gasteiger partial charge in [0, 0.05) is 16.9 Å². The van der Waals surface area contributed by atoms with Crippen LogP contribution >= 0.6 is 11.8 Å². The summed E-state index contributed by atoms with van der Waals surface area (Å²) in [6.07, 6.45) is 3.32. The molecule has 1 aliphatic rings. The summed E-state index contributed by atoms with van der Waals surface area (Å²) in [6.45, 7) is 2.13. The Hall–Kier alpha value is -1.05. The normalized spacial score (nSPS) is 21.7. The van der Waals surface area contributed by atoms with Gasteiger partial charge in [0.1, 0.15) is 0 Å². The van der Waals surface area contributed by atoms with Gasteiger partial charge in [0.15, 0.2) is 0 Å². The average molecular weight is 342 g/mol. The monoisotopic (exact) mass is 342 g/mol. The Bertz CT molecular complexity index is 614. The maximum atomic E-state index is 12.3. The summed E-state index contributed by atoms with van der Waals surface area (Å²) in [5.41, 5.74) is 1.13. The molecular weight excluding hydrogens is 320 g/mol. The van der Waals surface area contributed by atoms with Gasteiger partial charge in [0.2, 0.25) is 10.0 Å². The lowest BCUT2D eigenvalue weighted by molar-refractivity contribution is 0.0938. The predicted molar refractivity (Wildman–Crippen MR) is 90.3 cm³/mol. The fourth-order valence-electron chi connectivity index (χ4n) is 2.74. The van der Waals surface area contributed by atoms with Crippen molar-refractivity contribution < 1.29 is 13.2 Å². The zero-order chi connectivity index (χ0) is 16.2. The zero-order valence-corrected chi connectivity index (χ0v) is 14.3. The standard InChI is InChI=1S/C15H22N2O3S2/c1-2-21-14-5-3-4-13(14)17-15(18)12-8-6-11(7-9-12)10-22(16,19)20/h6-9,13-14H,2-5,10H2,1H3,(H,17,18)(H2,16,19,20). The number of hydrogen-bond acceptors (Lipinski definition) is 4. The Morgan fingerprint density at radius 1 is 1.32 bits per heavy atom. The van der Waals surface area contributed by atoms with Gasteiger partial charge in [-0.25, -0.2) is 13.6 Å². The van der Waals surface area contributed by atoms with Crippen molar-refractivity contribution in [3.05, 3.63) is 35.4 Å². The fraction of sp³-hybridized carbons (Fsp3) is 0.533. The highest BCUT2D eigenvalue weighted by molar-refractivity contribution is 7.99. The first-order chi connectivity index (χ1) is 10.4. The van der Waals surface area contributed by atoms with Crippen LogP contribution in [-0.4, -0.2) is 31.4 Å². The maximum absolute atomic E-state index is 12.3. The molecule has 22 heavy (non-hydrogen) atoms. The van der Waals surface area contributed by atoms with Gasteiger partial charge in [-0.3, -0.25) is 4.79 Å². The lowest BCUT2D eigenvalue weighted by atomic mass is 10.1. The Morgan fingerprint density at radius 3 is 2.59 bits per heavy atom. The number of sulfonamides is 1. The van der Waals surface area contributed by atoms with E-state index >= 15 is 0 Å². The van der Waals surface area contributed by atoms with E-state index in [-0.39, 0.29) is 17.7 Å². The van der Waals surface area contributed by atoms with Crippen molar-refractivity contribution in [1.82, 2.24) is 5.32 Å². The van der Waals surface area contributed by atoms with E-state index in [9.17, 15) is 13.2 Å². The van der Waals surface area contributed by atoms with Crippen molar-refractivity contribution in [2.24, 2.45) is 5.14 Å². The van der Waals surface area contributed by atoms with Crippen LogP contribution in [0.3, 0.4) is 0 Å². The van der Waals surface area contributed by atoms with Gasteiger partial charge in [-0.05, 0) is 36.3 Å². The summed E-state index contributed by atoms with van der Waals surface area (Å²) in [5, 5.41) is 8.60. The molecular formula is C15H22N2O3S2. The SMILES string of the molecule is CCSC1CCCC1NC(=O)c1ccc(CS(N)(=O)=O)cc1. The first-order valence-electron chi connectivity index (χ1n) is 7.41. The molecule has 1 fully saturated rings. The van der Waals surface area contributed by atoms with Gasteiger partial charge in [-0.2, -0.15) is 11.8 Å². The Balaban J connectivity index is 1.98. The molecule has 0 heterocycles. The van der Waals surface area contributed by atoms with E-state index in [4.69, 9.17) is 5.14 Å². The molecule has 1 amide bonds. The molecule has 0 aromatic heterocycles. The average Bonchev–Trinajstić information content (AvgIpc) is 2.85. The van der Waals surface area contributed by atoms with E-state index < -0.39 is 10.0 Å². The molecule has 2 atom stereocenters. The number of primary sulfonamides is 1. The number of carbonyl (C=O) groups is 1. The molecule has 3 N–H and O–H groups in total. The first kappa shape index (κ1) is 17.3. The van der Waals surface area contributed by atoms with Crippen molar-refractivity contribution in [3.63, 3.8) is 0 Å². The van der Waals surface area contributed by atoms with Crippen molar-refractivity contribution in [3.8, 4) is 0 Å². The largest absolute Gasteiger partial charge is 0.348 e. The molecule has 0 saturated heterocycles. The van der Waals surface area contributed by atoms with Crippen LogP contribution in [0.15, 0.2) is 24.3 Å². The van der Waals surface area contributed by atoms with E-state index in [1.165, 1.54) is 0 Å². The molecule has 0 spiro atoms. The molecule has 0 radical (unpaired) electrons. The topological polar surface area (TPSA) is 89.3 Å². The van der Waals surface area contributed by atoms with Crippen LogP contribution in [0.4, 0.5) is 0 Å². The van der Waals surface area contributed by atoms with Crippen LogP contribution in [0.5, 0.6) is 0 Å². The highest BCUT2D eigenvalue weighted by Gasteiger charge is 2.28. The lowest BCUT2D eigenvalue weighted by Crippen LogP contribution is -2.38. The van der Waals surface area contributed by atoms with Crippen LogP contribution in [0, 0.1) is 0 Å². The Morgan fingerprint density at radius 2 is 2.00 bits per heavy atom. The summed E-state index contributed by atoms with van der Waals surface area (Å²) in [4.78, 5) is 12.3. The molecule has 7 heteroatoms. The number of rotatable bonds is 6. The molecule has 2 rings (SSSR count). The molecule has 0 aliphatic heterocycles. The molecule has 1 saturated carbocycles. The third kappa shape index (κ3) is 5.00. The number of benzene rings is 1. The van der Waals surface area contributed by atoms with Crippen LogP contribution in [-0.2, 0) is 15.8 Å². The second-order valence-electron chi connectivity index (χ2n) is 5.51. The number of nitrogens with two attached hydrogens (primary N) is 1. The summed E-state index contributed by atoms with van der Waals surface area (Å²) < 4.78 is 22.1. The van der Waals surface area contributed by atoms with E-state index in [2.05, 4.69) is 12.2 Å². The van der Waals surface area contributed by atoms with E-state index in [0.29, 0.717) is 16.4 Å². The summed E-state index contributed by atoms with van der Waals surface area (Å²) in [7, 11) is -3.55. The molecule has 122 valence electrons. The smallest absolute Gasteiger partial charge is 0.251 e. The van der Waals surface area contributed by atoms with Crippen LogP contribution in [0.1, 0.15) is 42.1 Å². The van der Waals surface area contributed by atoms with Crippen molar-refractivity contribution in [2.45, 2.75) is 43.2 Å². The summed E-state index contributed by atoms with van der Waals surface area (Å²) >= 11 is 1.90. The Labute approximate surface area is 136 Å². The summed E-state index contributed by atoms with van der Waals surface area (Å²) in [5.74, 6) is 0.738. The molecule has 2 unspecified atom stereocenters. The quantitative estimate of drug-likeness (QED) is 0.826. The first-order valence-corrected chi connectivity index (χ1v) is 10.2. The van der Waals surface area contributed by atoms with Crippen LogP contribution in [0.25, 0.3) is 0 Å². The van der Waals surface area contributed by atoms with Gasteiger partial charge in [0.25, 0.3) is 5.91 Å². The zero-order valence-electron chi connectivity index (χ0n) is 12.6. The Kier molecular flexibility index (Phi) is 5.88. The lowest BCUT2D eigenvalue weighted by Gasteiger charge is -2.20. The van der Waals surface area contributed by atoms with Gasteiger partial charge in [-0.15, -0.1) is 0 Å². The van der Waals surface area contributed by atoms with Crippen LogP contribution in [0.2, 0.25) is 0 Å². The highest BCUT2D eigenvalue weighted by Crippen LogP contribution is 2.30.